The van der Waals surface area contributed by atoms with Crippen molar-refractivity contribution in [2.75, 3.05) is 0 Å². The Labute approximate surface area is 168 Å². The topological polar surface area (TPSA) is 59.4 Å². The number of nitrogens with one attached hydrogen (secondary N) is 1. The lowest BCUT2D eigenvalue weighted by Crippen LogP contribution is -2.00. The highest BCUT2D eigenvalue weighted by Crippen LogP contribution is 2.32. The van der Waals surface area contributed by atoms with Crippen LogP contribution in [0.4, 0.5) is 0 Å². The summed E-state index contributed by atoms with van der Waals surface area (Å²) in [4.78, 5) is 0. The van der Waals surface area contributed by atoms with Gasteiger partial charge in [-0.25, -0.2) is 4.68 Å². The van der Waals surface area contributed by atoms with Crippen LogP contribution in [0.1, 0.15) is 5.56 Å². The summed E-state index contributed by atoms with van der Waals surface area (Å²) in [7, 11) is 0. The lowest BCUT2D eigenvalue weighted by Gasteiger charge is -2.06. The smallest absolute Gasteiger partial charge is 0.139 e. The van der Waals surface area contributed by atoms with Crippen molar-refractivity contribution in [3.8, 4) is 39.6 Å². The minimum absolute atomic E-state index is 0.769. The van der Waals surface area contributed by atoms with Crippen LogP contribution in [0, 0.1) is 6.92 Å². The second-order valence-electron chi connectivity index (χ2n) is 6.92. The van der Waals surface area contributed by atoms with Crippen LogP contribution >= 0.6 is 0 Å². The average Bonchev–Trinajstić information content (AvgIpc) is 3.43. The van der Waals surface area contributed by atoms with E-state index >= 15 is 0 Å². The first kappa shape index (κ1) is 17.1. The molecule has 0 saturated heterocycles. The first-order valence-electron chi connectivity index (χ1n) is 9.49. The van der Waals surface area contributed by atoms with Gasteiger partial charge in [0.05, 0.1) is 17.1 Å². The van der Waals surface area contributed by atoms with Crippen LogP contribution in [-0.4, -0.2) is 25.2 Å². The first-order chi connectivity index (χ1) is 14.3. The van der Waals surface area contributed by atoms with Crippen LogP contribution in [0.2, 0.25) is 0 Å². The molecule has 5 nitrogen and oxygen atoms in total. The quantitative estimate of drug-likeness (QED) is 0.462. The molecule has 0 radical (unpaired) electrons. The normalized spacial score (nSPS) is 10.9. The molecule has 2 heterocycles. The Morgan fingerprint density at radius 1 is 0.690 bits per heavy atom. The van der Waals surface area contributed by atoms with Gasteiger partial charge in [0.2, 0.25) is 0 Å². The van der Waals surface area contributed by atoms with Crippen LogP contribution in [-0.2, 0) is 0 Å². The summed E-state index contributed by atoms with van der Waals surface area (Å²) in [5.74, 6) is 0. The fourth-order valence-electron chi connectivity index (χ4n) is 3.39. The average molecular weight is 377 g/mol. The van der Waals surface area contributed by atoms with Crippen LogP contribution in [0.15, 0.2) is 91.0 Å². The highest BCUT2D eigenvalue weighted by atomic mass is 15.4. The summed E-state index contributed by atoms with van der Waals surface area (Å²) >= 11 is 0. The lowest BCUT2D eigenvalue weighted by atomic mass is 10.1. The summed E-state index contributed by atoms with van der Waals surface area (Å²) in [5.41, 5.74) is 7.63. The minimum atomic E-state index is 0.769. The van der Waals surface area contributed by atoms with Gasteiger partial charge < -0.3 is 0 Å². The van der Waals surface area contributed by atoms with Gasteiger partial charge in [0.25, 0.3) is 0 Å². The number of aromatic nitrogens is 5. The second-order valence-corrected chi connectivity index (χ2v) is 6.92. The van der Waals surface area contributed by atoms with Gasteiger partial charge in [-0.3, -0.25) is 0 Å². The molecule has 0 bridgehead atoms. The zero-order chi connectivity index (χ0) is 19.6. The number of aromatic amines is 1. The summed E-state index contributed by atoms with van der Waals surface area (Å²) in [6, 6.07) is 30.6. The highest BCUT2D eigenvalue weighted by molar-refractivity contribution is 5.79. The standard InChI is InChI=1S/C24H19N5/c1-17-12-14-18(15-13-17)21-16-22(29(27-21)20-10-6-3-7-11-20)24-23(25-28-26-24)19-8-4-2-5-9-19/h2-16H,1H3,(H,25,26,28). The zero-order valence-corrected chi connectivity index (χ0v) is 15.9. The number of nitrogens with zero attached hydrogens (tertiary/aromatic N) is 4. The zero-order valence-electron chi connectivity index (χ0n) is 15.9. The molecular weight excluding hydrogens is 358 g/mol. The van der Waals surface area contributed by atoms with E-state index in [4.69, 9.17) is 5.10 Å². The monoisotopic (exact) mass is 377 g/mol. The summed E-state index contributed by atoms with van der Waals surface area (Å²) < 4.78 is 1.93. The molecule has 3 aromatic carbocycles. The molecule has 0 aliphatic rings. The molecule has 2 aromatic heterocycles. The van der Waals surface area contributed by atoms with E-state index in [0.717, 1.165) is 39.6 Å². The molecule has 140 valence electrons. The van der Waals surface area contributed by atoms with Gasteiger partial charge >= 0.3 is 0 Å². The highest BCUT2D eigenvalue weighted by Gasteiger charge is 2.20. The molecule has 0 spiro atoms. The Morgan fingerprint density at radius 2 is 1.34 bits per heavy atom. The summed E-state index contributed by atoms with van der Waals surface area (Å²) in [6.07, 6.45) is 0. The van der Waals surface area contributed by atoms with Crippen LogP contribution < -0.4 is 0 Å². The molecule has 0 unspecified atom stereocenters. The molecule has 0 atom stereocenters. The number of aryl methyl sites for hydroxylation is 1. The van der Waals surface area contributed by atoms with Gasteiger partial charge in [-0.05, 0) is 25.1 Å². The Hall–Kier alpha value is -3.99. The SMILES string of the molecule is Cc1ccc(-c2cc(-c3n[nH]nc3-c3ccccc3)n(-c3ccccc3)n2)cc1. The van der Waals surface area contributed by atoms with E-state index in [1.165, 1.54) is 5.56 Å². The minimum Gasteiger partial charge on any atom is -0.231 e. The van der Waals surface area contributed by atoms with E-state index in [1.807, 2.05) is 65.3 Å². The molecule has 1 N–H and O–H groups in total. The van der Waals surface area contributed by atoms with E-state index < -0.39 is 0 Å². The number of rotatable bonds is 4. The molecule has 5 rings (SSSR count). The number of hydrogen-bond donors (Lipinski definition) is 1. The molecule has 29 heavy (non-hydrogen) atoms. The van der Waals surface area contributed by atoms with E-state index in [1.54, 1.807) is 0 Å². The Bertz CT molecular complexity index is 1240. The number of para-hydroxylation sites is 1. The summed E-state index contributed by atoms with van der Waals surface area (Å²) in [6.45, 7) is 2.08. The molecule has 5 aromatic rings. The molecule has 0 aliphatic carbocycles. The maximum absolute atomic E-state index is 4.91. The predicted octanol–water partition coefficient (Wildman–Crippen LogP) is 5.30. The third kappa shape index (κ3) is 3.23. The van der Waals surface area contributed by atoms with Gasteiger partial charge in [0.15, 0.2) is 0 Å². The van der Waals surface area contributed by atoms with Crippen molar-refractivity contribution in [2.45, 2.75) is 6.92 Å². The van der Waals surface area contributed by atoms with Crippen molar-refractivity contribution in [3.05, 3.63) is 96.6 Å². The maximum Gasteiger partial charge on any atom is 0.139 e. The first-order valence-corrected chi connectivity index (χ1v) is 9.49. The number of H-pyrrole nitrogens is 1. The van der Waals surface area contributed by atoms with Crippen LogP contribution in [0.25, 0.3) is 39.6 Å². The van der Waals surface area contributed by atoms with Gasteiger partial charge in [0, 0.05) is 11.1 Å². The van der Waals surface area contributed by atoms with E-state index in [-0.39, 0.29) is 0 Å². The fraction of sp³-hybridized carbons (Fsp3) is 0.0417. The Kier molecular flexibility index (Phi) is 4.26. The van der Waals surface area contributed by atoms with E-state index in [0.29, 0.717) is 0 Å². The maximum atomic E-state index is 4.91. The fourth-order valence-corrected chi connectivity index (χ4v) is 3.39. The second kappa shape index (κ2) is 7.20. The van der Waals surface area contributed by atoms with E-state index in [9.17, 15) is 0 Å². The number of hydrogen-bond acceptors (Lipinski definition) is 3. The molecule has 0 aliphatic heterocycles. The Morgan fingerprint density at radius 3 is 2.07 bits per heavy atom. The number of benzene rings is 3. The van der Waals surface area contributed by atoms with Gasteiger partial charge in [-0.1, -0.05) is 78.4 Å². The third-order valence-electron chi connectivity index (χ3n) is 4.90. The van der Waals surface area contributed by atoms with Crippen molar-refractivity contribution in [3.63, 3.8) is 0 Å². The van der Waals surface area contributed by atoms with Crippen LogP contribution in [0.5, 0.6) is 0 Å². The van der Waals surface area contributed by atoms with Crippen LogP contribution in [0.3, 0.4) is 0 Å². The predicted molar refractivity (Wildman–Crippen MR) is 115 cm³/mol. The van der Waals surface area contributed by atoms with Gasteiger partial charge in [-0.2, -0.15) is 20.5 Å². The summed E-state index contributed by atoms with van der Waals surface area (Å²) in [5, 5.41) is 16.6. The molecule has 5 heteroatoms. The third-order valence-corrected chi connectivity index (χ3v) is 4.90. The lowest BCUT2D eigenvalue weighted by molar-refractivity contribution is 0.882. The van der Waals surface area contributed by atoms with Crippen molar-refractivity contribution in [1.29, 1.82) is 0 Å². The molecular formula is C24H19N5. The molecule has 0 amide bonds. The van der Waals surface area contributed by atoms with Gasteiger partial charge in [0.1, 0.15) is 11.4 Å². The van der Waals surface area contributed by atoms with Gasteiger partial charge in [-0.15, -0.1) is 0 Å². The van der Waals surface area contributed by atoms with Crippen molar-refractivity contribution < 1.29 is 0 Å². The Balaban J connectivity index is 1.71. The van der Waals surface area contributed by atoms with Crippen molar-refractivity contribution in [2.24, 2.45) is 0 Å². The van der Waals surface area contributed by atoms with Crippen molar-refractivity contribution >= 4 is 0 Å². The van der Waals surface area contributed by atoms with E-state index in [2.05, 4.69) is 52.7 Å². The molecule has 0 saturated carbocycles. The largest absolute Gasteiger partial charge is 0.231 e. The molecule has 0 fully saturated rings. The van der Waals surface area contributed by atoms with Crippen molar-refractivity contribution in [1.82, 2.24) is 25.2 Å².